The van der Waals surface area contributed by atoms with Gasteiger partial charge >= 0.3 is 0 Å². The summed E-state index contributed by atoms with van der Waals surface area (Å²) in [5, 5.41) is 10.2. The van der Waals surface area contributed by atoms with Crippen LogP contribution in [0.15, 0.2) is 12.1 Å². The Kier molecular flexibility index (Phi) is 5.70. The molecule has 1 aliphatic carbocycles. The highest BCUT2D eigenvalue weighted by Gasteiger charge is 2.29. The van der Waals surface area contributed by atoms with Crippen LogP contribution in [0.25, 0.3) is 0 Å². The molecule has 0 aliphatic heterocycles. The second kappa shape index (κ2) is 7.07. The monoisotopic (exact) mass is 301 g/mol. The number of hydrogen-bond acceptors (Lipinski definition) is 3. The molecule has 1 aliphatic rings. The van der Waals surface area contributed by atoms with E-state index in [0.717, 1.165) is 29.8 Å². The van der Waals surface area contributed by atoms with Crippen molar-refractivity contribution in [1.29, 1.82) is 0 Å². The SMILES string of the molecule is CCC1CCC(O)C(CN(C)Cc2ccc(Cl)s2)C1. The molecule has 3 unspecified atom stereocenters. The molecule has 0 amide bonds. The summed E-state index contributed by atoms with van der Waals surface area (Å²) in [7, 11) is 2.13. The number of nitrogens with zero attached hydrogens (tertiary/aromatic N) is 1. The molecule has 2 rings (SSSR count). The van der Waals surface area contributed by atoms with Crippen molar-refractivity contribution in [3.05, 3.63) is 21.3 Å². The first kappa shape index (κ1) is 15.3. The number of hydrogen-bond donors (Lipinski definition) is 1. The quantitative estimate of drug-likeness (QED) is 0.888. The molecule has 4 heteroatoms. The second-order valence-electron chi connectivity index (χ2n) is 5.82. The summed E-state index contributed by atoms with van der Waals surface area (Å²) >= 11 is 7.60. The average Bonchev–Trinajstić information content (AvgIpc) is 2.77. The van der Waals surface area contributed by atoms with Crippen LogP contribution in [0.2, 0.25) is 4.34 Å². The molecule has 1 fully saturated rings. The maximum Gasteiger partial charge on any atom is 0.0931 e. The Bertz CT molecular complexity index is 395. The molecule has 0 saturated heterocycles. The molecular formula is C15H24ClNOS. The molecule has 1 N–H and O–H groups in total. The number of aliphatic hydroxyl groups excluding tert-OH is 1. The molecule has 1 heterocycles. The lowest BCUT2D eigenvalue weighted by atomic mass is 9.78. The minimum Gasteiger partial charge on any atom is -0.393 e. The van der Waals surface area contributed by atoms with Crippen LogP contribution in [0, 0.1) is 11.8 Å². The zero-order valence-corrected chi connectivity index (χ0v) is 13.4. The van der Waals surface area contributed by atoms with Crippen LogP contribution in [-0.2, 0) is 6.54 Å². The number of rotatable bonds is 5. The molecule has 3 atom stereocenters. The first-order chi connectivity index (χ1) is 9.08. The summed E-state index contributed by atoms with van der Waals surface area (Å²) in [4.78, 5) is 3.61. The van der Waals surface area contributed by atoms with Crippen molar-refractivity contribution in [3.8, 4) is 0 Å². The number of thiophene rings is 1. The topological polar surface area (TPSA) is 23.5 Å². The van der Waals surface area contributed by atoms with E-state index in [0.29, 0.717) is 5.92 Å². The summed E-state index contributed by atoms with van der Waals surface area (Å²) in [6, 6.07) is 4.05. The van der Waals surface area contributed by atoms with Gasteiger partial charge in [0.1, 0.15) is 0 Å². The third-order valence-electron chi connectivity index (χ3n) is 4.23. The highest BCUT2D eigenvalue weighted by molar-refractivity contribution is 7.16. The summed E-state index contributed by atoms with van der Waals surface area (Å²) in [6.07, 6.45) is 4.47. The van der Waals surface area contributed by atoms with Gasteiger partial charge in [-0.1, -0.05) is 24.9 Å². The van der Waals surface area contributed by atoms with Gasteiger partial charge in [0.05, 0.1) is 10.4 Å². The molecule has 1 aromatic heterocycles. The van der Waals surface area contributed by atoms with Crippen LogP contribution >= 0.6 is 22.9 Å². The lowest BCUT2D eigenvalue weighted by molar-refractivity contribution is 0.0300. The lowest BCUT2D eigenvalue weighted by Crippen LogP contribution is -2.37. The Balaban J connectivity index is 1.84. The van der Waals surface area contributed by atoms with E-state index in [-0.39, 0.29) is 6.10 Å². The predicted molar refractivity (Wildman–Crippen MR) is 82.8 cm³/mol. The smallest absolute Gasteiger partial charge is 0.0931 e. The van der Waals surface area contributed by atoms with Gasteiger partial charge in [-0.15, -0.1) is 11.3 Å². The van der Waals surface area contributed by atoms with E-state index in [9.17, 15) is 5.11 Å². The Morgan fingerprint density at radius 3 is 2.84 bits per heavy atom. The number of halogens is 1. The van der Waals surface area contributed by atoms with E-state index >= 15 is 0 Å². The maximum absolute atomic E-state index is 10.2. The molecule has 1 saturated carbocycles. The summed E-state index contributed by atoms with van der Waals surface area (Å²) in [5.74, 6) is 1.23. The van der Waals surface area contributed by atoms with Gasteiger partial charge in [-0.2, -0.15) is 0 Å². The Morgan fingerprint density at radius 1 is 1.42 bits per heavy atom. The van der Waals surface area contributed by atoms with Gasteiger partial charge in [-0.05, 0) is 50.3 Å². The Labute approximate surface area is 125 Å². The van der Waals surface area contributed by atoms with Crippen LogP contribution in [0.4, 0.5) is 0 Å². The Morgan fingerprint density at radius 2 is 2.21 bits per heavy atom. The van der Waals surface area contributed by atoms with Crippen LogP contribution in [0.3, 0.4) is 0 Å². The highest BCUT2D eigenvalue weighted by atomic mass is 35.5. The normalized spacial score (nSPS) is 27.9. The van der Waals surface area contributed by atoms with Crippen molar-refractivity contribution in [2.24, 2.45) is 11.8 Å². The van der Waals surface area contributed by atoms with E-state index in [1.807, 2.05) is 6.07 Å². The zero-order valence-electron chi connectivity index (χ0n) is 11.8. The van der Waals surface area contributed by atoms with Crippen LogP contribution in [-0.4, -0.2) is 29.7 Å². The standard InChI is InChI=1S/C15H24ClNOS/c1-3-11-4-6-14(18)12(8-11)9-17(2)10-13-5-7-15(16)19-13/h5,7,11-12,14,18H,3-4,6,8-10H2,1-2H3. The van der Waals surface area contributed by atoms with E-state index < -0.39 is 0 Å². The molecule has 0 bridgehead atoms. The van der Waals surface area contributed by atoms with Gasteiger partial charge in [0.25, 0.3) is 0 Å². The summed E-state index contributed by atoms with van der Waals surface area (Å²) in [6.45, 7) is 4.17. The van der Waals surface area contributed by atoms with E-state index in [2.05, 4.69) is 24.9 Å². The van der Waals surface area contributed by atoms with Gasteiger partial charge in [-0.3, -0.25) is 0 Å². The van der Waals surface area contributed by atoms with Crippen molar-refractivity contribution < 1.29 is 5.11 Å². The van der Waals surface area contributed by atoms with Crippen molar-refractivity contribution in [3.63, 3.8) is 0 Å². The first-order valence-electron chi connectivity index (χ1n) is 7.19. The summed E-state index contributed by atoms with van der Waals surface area (Å²) < 4.78 is 0.854. The van der Waals surface area contributed by atoms with Gasteiger partial charge < -0.3 is 10.0 Å². The van der Waals surface area contributed by atoms with Crippen molar-refractivity contribution in [1.82, 2.24) is 4.90 Å². The van der Waals surface area contributed by atoms with Crippen LogP contribution in [0.1, 0.15) is 37.5 Å². The molecule has 0 radical (unpaired) electrons. The van der Waals surface area contributed by atoms with Crippen LogP contribution < -0.4 is 0 Å². The fourth-order valence-electron chi connectivity index (χ4n) is 3.08. The second-order valence-corrected chi connectivity index (χ2v) is 7.62. The van der Waals surface area contributed by atoms with Crippen LogP contribution in [0.5, 0.6) is 0 Å². The molecule has 0 spiro atoms. The van der Waals surface area contributed by atoms with E-state index in [1.54, 1.807) is 11.3 Å². The minimum atomic E-state index is -0.114. The predicted octanol–water partition coefficient (Wildman–Crippen LogP) is 4.02. The first-order valence-corrected chi connectivity index (χ1v) is 8.38. The molecule has 0 aromatic carbocycles. The number of aliphatic hydroxyl groups is 1. The molecular weight excluding hydrogens is 278 g/mol. The van der Waals surface area contributed by atoms with Crippen molar-refractivity contribution in [2.75, 3.05) is 13.6 Å². The third-order valence-corrected chi connectivity index (χ3v) is 5.44. The fraction of sp³-hybridized carbons (Fsp3) is 0.733. The fourth-order valence-corrected chi connectivity index (χ4v) is 4.25. The van der Waals surface area contributed by atoms with Crippen molar-refractivity contribution >= 4 is 22.9 Å². The molecule has 1 aromatic rings. The lowest BCUT2D eigenvalue weighted by Gasteiger charge is -2.35. The van der Waals surface area contributed by atoms with E-state index in [1.165, 1.54) is 24.1 Å². The zero-order chi connectivity index (χ0) is 13.8. The molecule has 2 nitrogen and oxygen atoms in total. The third kappa shape index (κ3) is 4.45. The van der Waals surface area contributed by atoms with Gasteiger partial charge in [0.2, 0.25) is 0 Å². The minimum absolute atomic E-state index is 0.114. The van der Waals surface area contributed by atoms with Gasteiger partial charge in [0.15, 0.2) is 0 Å². The Hall–Kier alpha value is -0.0900. The van der Waals surface area contributed by atoms with Gasteiger partial charge in [-0.25, -0.2) is 0 Å². The average molecular weight is 302 g/mol. The largest absolute Gasteiger partial charge is 0.393 e. The van der Waals surface area contributed by atoms with E-state index in [4.69, 9.17) is 11.6 Å². The molecule has 108 valence electrons. The highest BCUT2D eigenvalue weighted by Crippen LogP contribution is 2.32. The van der Waals surface area contributed by atoms with Gasteiger partial charge in [0, 0.05) is 18.0 Å². The maximum atomic E-state index is 10.2. The van der Waals surface area contributed by atoms with Crippen molar-refractivity contribution in [2.45, 2.75) is 45.3 Å². The molecule has 19 heavy (non-hydrogen) atoms. The summed E-state index contributed by atoms with van der Waals surface area (Å²) in [5.41, 5.74) is 0.